The molecule has 2 aromatic rings. The number of nitro benzene ring substituents is 1. The molecule has 1 fully saturated rings. The van der Waals surface area contributed by atoms with Gasteiger partial charge < -0.3 is 25.0 Å². The first kappa shape index (κ1) is 26.3. The van der Waals surface area contributed by atoms with E-state index in [1.165, 1.54) is 0 Å². The molecule has 0 bridgehead atoms. The Balaban J connectivity index is 1.56. The molecule has 0 aromatic heterocycles. The molecular weight excluding hydrogens is 448 g/mol. The highest BCUT2D eigenvalue weighted by molar-refractivity contribution is 5.92. The molecule has 9 heteroatoms. The van der Waals surface area contributed by atoms with Crippen LogP contribution in [0.5, 0.6) is 11.5 Å². The zero-order valence-corrected chi connectivity index (χ0v) is 21.0. The Labute approximate surface area is 206 Å². The lowest BCUT2D eigenvalue weighted by atomic mass is 9.85. The quantitative estimate of drug-likeness (QED) is 0.267. The Morgan fingerprint density at radius 1 is 1.14 bits per heavy atom. The minimum absolute atomic E-state index is 0.00606. The lowest BCUT2D eigenvalue weighted by molar-refractivity contribution is -0.385. The molecule has 0 heterocycles. The highest BCUT2D eigenvalue weighted by Gasteiger charge is 2.29. The summed E-state index contributed by atoms with van der Waals surface area (Å²) in [7, 11) is 5.57. The zero-order valence-electron chi connectivity index (χ0n) is 21.0. The lowest BCUT2D eigenvalue weighted by Gasteiger charge is -2.29. The Morgan fingerprint density at radius 2 is 1.89 bits per heavy atom. The first-order valence-electron chi connectivity index (χ1n) is 12.1. The molecule has 1 aliphatic carbocycles. The molecule has 9 nitrogen and oxygen atoms in total. The Hall–Kier alpha value is -3.33. The summed E-state index contributed by atoms with van der Waals surface area (Å²) in [6, 6.07) is 10.8. The van der Waals surface area contributed by atoms with Crippen molar-refractivity contribution in [1.82, 2.24) is 4.90 Å². The molecule has 35 heavy (non-hydrogen) atoms. The van der Waals surface area contributed by atoms with E-state index in [9.17, 15) is 14.9 Å². The normalized spacial score (nSPS) is 17.6. The maximum atomic E-state index is 12.8. The van der Waals surface area contributed by atoms with E-state index in [-0.39, 0.29) is 29.3 Å². The lowest BCUT2D eigenvalue weighted by Crippen LogP contribution is -2.32. The Kier molecular flexibility index (Phi) is 9.31. The van der Waals surface area contributed by atoms with Gasteiger partial charge in [0.1, 0.15) is 11.4 Å². The van der Waals surface area contributed by atoms with Gasteiger partial charge in [0.2, 0.25) is 5.91 Å². The minimum Gasteiger partial charge on any atom is -0.496 e. The summed E-state index contributed by atoms with van der Waals surface area (Å²) >= 11 is 0. The molecule has 0 atom stereocenters. The summed E-state index contributed by atoms with van der Waals surface area (Å²) in [6.07, 6.45) is 3.70. The summed E-state index contributed by atoms with van der Waals surface area (Å²) in [5, 5.41) is 18.1. The number of nitrogens with one attached hydrogen (secondary N) is 2. The van der Waals surface area contributed by atoms with E-state index < -0.39 is 4.92 Å². The molecule has 3 rings (SSSR count). The van der Waals surface area contributed by atoms with Gasteiger partial charge in [0.25, 0.3) is 0 Å². The second kappa shape index (κ2) is 12.4. The van der Waals surface area contributed by atoms with Crippen molar-refractivity contribution in [2.75, 3.05) is 45.0 Å². The van der Waals surface area contributed by atoms with Gasteiger partial charge in [0.15, 0.2) is 5.75 Å². The number of aryl methyl sites for hydroxylation is 1. The maximum Gasteiger partial charge on any atom is 0.333 e. The van der Waals surface area contributed by atoms with Gasteiger partial charge in [-0.3, -0.25) is 14.9 Å². The largest absolute Gasteiger partial charge is 0.496 e. The van der Waals surface area contributed by atoms with Crippen molar-refractivity contribution in [2.24, 2.45) is 5.92 Å². The second-order valence-electron chi connectivity index (χ2n) is 9.28. The van der Waals surface area contributed by atoms with Crippen molar-refractivity contribution in [3.8, 4) is 11.5 Å². The number of nitrogens with zero attached hydrogens (tertiary/aromatic N) is 2. The number of hydrogen-bond donors (Lipinski definition) is 2. The topological polar surface area (TPSA) is 106 Å². The van der Waals surface area contributed by atoms with E-state index in [4.69, 9.17) is 9.47 Å². The standard InChI is InChI=1S/C26H36N4O5/c1-18-9-12-21(17-24(18)34-4)28-26(31)19-10-13-20(14-11-19)27-22-7-5-8-23(25(22)30(32)33)35-16-6-15-29(2)3/h5,7-9,12,17,19-20,27H,6,10-11,13-16H2,1-4H3,(H,28,31). The van der Waals surface area contributed by atoms with Crippen molar-refractivity contribution in [3.05, 3.63) is 52.1 Å². The Morgan fingerprint density at radius 3 is 2.54 bits per heavy atom. The van der Waals surface area contributed by atoms with Gasteiger partial charge in [-0.15, -0.1) is 0 Å². The van der Waals surface area contributed by atoms with Gasteiger partial charge in [0, 0.05) is 30.3 Å². The fourth-order valence-corrected chi connectivity index (χ4v) is 4.37. The number of carbonyl (C=O) groups is 1. The van der Waals surface area contributed by atoms with Gasteiger partial charge in [-0.05, 0) is 76.9 Å². The molecule has 2 aromatic carbocycles. The SMILES string of the molecule is COc1cc(NC(=O)C2CCC(Nc3cccc(OCCCN(C)C)c3[N+](=O)[O-])CC2)ccc1C. The fourth-order valence-electron chi connectivity index (χ4n) is 4.37. The van der Waals surface area contributed by atoms with Crippen LogP contribution in [0.3, 0.4) is 0 Å². The average Bonchev–Trinajstić information content (AvgIpc) is 2.83. The van der Waals surface area contributed by atoms with E-state index >= 15 is 0 Å². The van der Waals surface area contributed by atoms with Gasteiger partial charge in [-0.25, -0.2) is 0 Å². The van der Waals surface area contributed by atoms with E-state index in [0.717, 1.165) is 42.8 Å². The number of para-hydroxylation sites is 1. The predicted octanol–water partition coefficient (Wildman–Crippen LogP) is 4.85. The molecule has 1 aliphatic rings. The van der Waals surface area contributed by atoms with Crippen LogP contribution >= 0.6 is 0 Å². The van der Waals surface area contributed by atoms with E-state index in [1.54, 1.807) is 25.3 Å². The molecule has 0 aliphatic heterocycles. The number of hydrogen-bond acceptors (Lipinski definition) is 7. The van der Waals surface area contributed by atoms with Crippen LogP contribution in [0.2, 0.25) is 0 Å². The summed E-state index contributed by atoms with van der Waals surface area (Å²) in [5.74, 6) is 0.914. The number of nitro groups is 1. The van der Waals surface area contributed by atoms with Crippen LogP contribution in [0, 0.1) is 23.0 Å². The third-order valence-electron chi connectivity index (χ3n) is 6.32. The molecule has 0 radical (unpaired) electrons. The number of methoxy groups -OCH3 is 1. The number of rotatable bonds is 11. The zero-order chi connectivity index (χ0) is 25.4. The van der Waals surface area contributed by atoms with E-state index in [0.29, 0.717) is 25.1 Å². The Bertz CT molecular complexity index is 1020. The summed E-state index contributed by atoms with van der Waals surface area (Å²) in [4.78, 5) is 26.3. The molecule has 190 valence electrons. The minimum atomic E-state index is -0.390. The summed E-state index contributed by atoms with van der Waals surface area (Å²) < 4.78 is 11.1. The van der Waals surface area contributed by atoms with Crippen molar-refractivity contribution in [3.63, 3.8) is 0 Å². The van der Waals surface area contributed by atoms with Crippen LogP contribution in [0.4, 0.5) is 17.1 Å². The molecule has 1 amide bonds. The average molecular weight is 485 g/mol. The first-order valence-corrected chi connectivity index (χ1v) is 12.1. The second-order valence-corrected chi connectivity index (χ2v) is 9.28. The van der Waals surface area contributed by atoms with Crippen molar-refractivity contribution < 1.29 is 19.2 Å². The van der Waals surface area contributed by atoms with Crippen LogP contribution in [0.25, 0.3) is 0 Å². The number of anilines is 2. The highest BCUT2D eigenvalue weighted by Crippen LogP contribution is 2.37. The number of amides is 1. The third-order valence-corrected chi connectivity index (χ3v) is 6.32. The van der Waals surface area contributed by atoms with Crippen molar-refractivity contribution in [2.45, 2.75) is 45.1 Å². The smallest absolute Gasteiger partial charge is 0.333 e. The number of ether oxygens (including phenoxy) is 2. The number of benzene rings is 2. The molecule has 1 saturated carbocycles. The van der Waals surface area contributed by atoms with E-state index in [1.807, 2.05) is 44.1 Å². The first-order chi connectivity index (χ1) is 16.8. The third kappa shape index (κ3) is 7.32. The maximum absolute atomic E-state index is 12.8. The summed E-state index contributed by atoms with van der Waals surface area (Å²) in [6.45, 7) is 3.21. The van der Waals surface area contributed by atoms with Crippen LogP contribution < -0.4 is 20.1 Å². The fraction of sp³-hybridized carbons (Fsp3) is 0.500. The van der Waals surface area contributed by atoms with Crippen LogP contribution in [0.1, 0.15) is 37.7 Å². The molecule has 0 unspecified atom stereocenters. The molecular formula is C26H36N4O5. The highest BCUT2D eigenvalue weighted by atomic mass is 16.6. The van der Waals surface area contributed by atoms with Crippen LogP contribution in [0.15, 0.2) is 36.4 Å². The van der Waals surface area contributed by atoms with Crippen molar-refractivity contribution >= 4 is 23.0 Å². The monoisotopic (exact) mass is 484 g/mol. The van der Waals surface area contributed by atoms with E-state index in [2.05, 4.69) is 10.6 Å². The van der Waals surface area contributed by atoms with Gasteiger partial charge in [0.05, 0.1) is 18.6 Å². The molecule has 2 N–H and O–H groups in total. The van der Waals surface area contributed by atoms with Crippen molar-refractivity contribution in [1.29, 1.82) is 0 Å². The van der Waals surface area contributed by atoms with Gasteiger partial charge >= 0.3 is 5.69 Å². The van der Waals surface area contributed by atoms with Gasteiger partial charge in [-0.2, -0.15) is 0 Å². The predicted molar refractivity (Wildman–Crippen MR) is 137 cm³/mol. The van der Waals surface area contributed by atoms with Crippen LogP contribution in [-0.2, 0) is 4.79 Å². The number of carbonyl (C=O) groups excluding carboxylic acids is 1. The molecule has 0 spiro atoms. The van der Waals surface area contributed by atoms with Crippen LogP contribution in [-0.4, -0.2) is 56.1 Å². The molecule has 0 saturated heterocycles. The van der Waals surface area contributed by atoms with Gasteiger partial charge in [-0.1, -0.05) is 12.1 Å². The summed E-state index contributed by atoms with van der Waals surface area (Å²) in [5.41, 5.74) is 2.15.